The van der Waals surface area contributed by atoms with E-state index in [-0.39, 0.29) is 24.3 Å². The summed E-state index contributed by atoms with van der Waals surface area (Å²) in [7, 11) is -3.91. The van der Waals surface area contributed by atoms with Gasteiger partial charge in [-0.1, -0.05) is 23.4 Å². The van der Waals surface area contributed by atoms with Crippen LogP contribution in [-0.2, 0) is 14.8 Å². The van der Waals surface area contributed by atoms with E-state index < -0.39 is 22.1 Å². The van der Waals surface area contributed by atoms with E-state index in [2.05, 4.69) is 5.16 Å². The average molecular weight is 457 g/mol. The molecule has 8 nitrogen and oxygen atoms in total. The lowest BCUT2D eigenvalue weighted by Crippen LogP contribution is -2.43. The molecule has 1 atom stereocenters. The molecule has 1 aromatic heterocycles. The second-order valence-corrected chi connectivity index (χ2v) is 9.77. The molecule has 3 aromatic rings. The molecule has 0 fully saturated rings. The van der Waals surface area contributed by atoms with Crippen LogP contribution in [0.5, 0.6) is 5.75 Å². The second-order valence-electron chi connectivity index (χ2n) is 7.91. The number of aliphatic carboxylic acids is 1. The number of benzene rings is 2. The van der Waals surface area contributed by atoms with Gasteiger partial charge in [-0.15, -0.1) is 0 Å². The Balaban J connectivity index is 1.82. The molecule has 1 aliphatic heterocycles. The van der Waals surface area contributed by atoms with Gasteiger partial charge in [0.25, 0.3) is 10.0 Å². The highest BCUT2D eigenvalue weighted by atomic mass is 32.2. The number of carboxylic acids is 1. The predicted molar refractivity (Wildman–Crippen MR) is 118 cm³/mol. The zero-order chi connectivity index (χ0) is 23.0. The maximum atomic E-state index is 13.6. The smallest absolute Gasteiger partial charge is 0.303 e. The molecule has 1 aliphatic rings. The molecule has 32 heavy (non-hydrogen) atoms. The van der Waals surface area contributed by atoms with Gasteiger partial charge in [0.05, 0.1) is 22.8 Å². The Hall–Kier alpha value is -3.33. The molecule has 4 rings (SSSR count). The topological polar surface area (TPSA) is 110 Å². The summed E-state index contributed by atoms with van der Waals surface area (Å²) in [5.41, 5.74) is 3.49. The first-order valence-corrected chi connectivity index (χ1v) is 11.7. The molecule has 0 unspecified atom stereocenters. The minimum absolute atomic E-state index is 0.0155. The Labute approximate surface area is 186 Å². The van der Waals surface area contributed by atoms with Crippen molar-refractivity contribution in [3.8, 4) is 16.9 Å². The third kappa shape index (κ3) is 4.08. The summed E-state index contributed by atoms with van der Waals surface area (Å²) in [4.78, 5) is 11.2. The molecule has 0 spiro atoms. The number of rotatable bonds is 6. The van der Waals surface area contributed by atoms with Crippen LogP contribution in [0.2, 0.25) is 0 Å². The fraction of sp³-hybridized carbons (Fsp3) is 0.304. The Morgan fingerprint density at radius 3 is 2.62 bits per heavy atom. The number of carbonyl (C=O) groups is 1. The lowest BCUT2D eigenvalue weighted by molar-refractivity contribution is -0.137. The molecule has 0 aliphatic carbocycles. The van der Waals surface area contributed by atoms with E-state index in [1.165, 1.54) is 4.31 Å². The van der Waals surface area contributed by atoms with Crippen LogP contribution in [-0.4, -0.2) is 37.3 Å². The molecule has 0 amide bonds. The fourth-order valence-corrected chi connectivity index (χ4v) is 5.53. The summed E-state index contributed by atoms with van der Waals surface area (Å²) in [6, 6.07) is 12.0. The highest BCUT2D eigenvalue weighted by molar-refractivity contribution is 7.92. The van der Waals surface area contributed by atoms with Crippen molar-refractivity contribution >= 4 is 21.7 Å². The van der Waals surface area contributed by atoms with Crippen LogP contribution in [0.4, 0.5) is 5.69 Å². The van der Waals surface area contributed by atoms with Gasteiger partial charge in [0.15, 0.2) is 0 Å². The lowest BCUT2D eigenvalue weighted by Gasteiger charge is -2.35. The number of hydrogen-bond donors (Lipinski definition) is 1. The average Bonchev–Trinajstić information content (AvgIpc) is 3.09. The van der Waals surface area contributed by atoms with Gasteiger partial charge in [-0.25, -0.2) is 8.42 Å². The van der Waals surface area contributed by atoms with Gasteiger partial charge in [-0.05, 0) is 62.6 Å². The third-order valence-corrected chi connectivity index (χ3v) is 7.25. The van der Waals surface area contributed by atoms with Gasteiger partial charge in [-0.2, -0.15) is 0 Å². The summed E-state index contributed by atoms with van der Waals surface area (Å²) >= 11 is 0. The number of nitrogens with zero attached hydrogens (tertiary/aromatic N) is 2. The first-order valence-electron chi connectivity index (χ1n) is 10.2. The Bertz CT molecular complexity index is 1260. The summed E-state index contributed by atoms with van der Waals surface area (Å²) in [6.07, 6.45) is -0.501. The number of fused-ring (bicyclic) bond motifs is 1. The van der Waals surface area contributed by atoms with Crippen molar-refractivity contribution in [2.75, 3.05) is 10.8 Å². The van der Waals surface area contributed by atoms with E-state index in [4.69, 9.17) is 14.4 Å². The molecular formula is C23H24N2O6S. The van der Waals surface area contributed by atoms with Gasteiger partial charge in [-0.3, -0.25) is 9.10 Å². The maximum Gasteiger partial charge on any atom is 0.303 e. The normalized spacial score (nSPS) is 15.8. The maximum absolute atomic E-state index is 13.6. The standard InChI is InChI=1S/C23H24N2O6S/c1-14-5-4-6-19(11-14)32(28,29)25-13-18(8-10-22(26)27)30-21-9-7-17(12-20(21)25)23-15(2)24-31-16(23)3/h4-7,9,11-12,18H,8,10,13H2,1-3H3,(H,26,27)/t18-/m0/s1. The molecule has 0 bridgehead atoms. The van der Waals surface area contributed by atoms with Crippen LogP contribution in [0.15, 0.2) is 51.9 Å². The van der Waals surface area contributed by atoms with Crippen molar-refractivity contribution in [3.63, 3.8) is 0 Å². The van der Waals surface area contributed by atoms with E-state index in [9.17, 15) is 13.2 Å². The van der Waals surface area contributed by atoms with E-state index in [0.29, 0.717) is 22.9 Å². The predicted octanol–water partition coefficient (Wildman–Crippen LogP) is 4.09. The molecule has 2 heterocycles. The number of anilines is 1. The molecule has 0 saturated carbocycles. The van der Waals surface area contributed by atoms with E-state index in [1.807, 2.05) is 26.0 Å². The van der Waals surface area contributed by atoms with Gasteiger partial charge in [0.2, 0.25) is 0 Å². The number of carboxylic acid groups (broad SMARTS) is 1. The molecular weight excluding hydrogens is 432 g/mol. The zero-order valence-corrected chi connectivity index (χ0v) is 18.8. The van der Waals surface area contributed by atoms with Gasteiger partial charge in [0.1, 0.15) is 17.6 Å². The number of sulfonamides is 1. The van der Waals surface area contributed by atoms with Crippen LogP contribution in [0.3, 0.4) is 0 Å². The fourth-order valence-electron chi connectivity index (χ4n) is 3.93. The van der Waals surface area contributed by atoms with Crippen LogP contribution in [0, 0.1) is 20.8 Å². The summed E-state index contributed by atoms with van der Waals surface area (Å²) in [5.74, 6) is 0.0613. The van der Waals surface area contributed by atoms with Gasteiger partial charge < -0.3 is 14.4 Å². The molecule has 0 saturated heterocycles. The first kappa shape index (κ1) is 21.9. The first-order chi connectivity index (χ1) is 15.2. The number of ether oxygens (including phenoxy) is 1. The quantitative estimate of drug-likeness (QED) is 0.595. The Morgan fingerprint density at radius 2 is 1.97 bits per heavy atom. The second kappa shape index (κ2) is 8.31. The van der Waals surface area contributed by atoms with Crippen molar-refractivity contribution in [1.82, 2.24) is 5.16 Å². The minimum atomic E-state index is -3.91. The van der Waals surface area contributed by atoms with Gasteiger partial charge >= 0.3 is 5.97 Å². The number of hydrogen-bond acceptors (Lipinski definition) is 6. The highest BCUT2D eigenvalue weighted by Gasteiger charge is 2.35. The highest BCUT2D eigenvalue weighted by Crippen LogP contribution is 2.41. The zero-order valence-electron chi connectivity index (χ0n) is 18.0. The van der Waals surface area contributed by atoms with Crippen molar-refractivity contribution in [3.05, 3.63) is 59.5 Å². The van der Waals surface area contributed by atoms with Crippen LogP contribution in [0.25, 0.3) is 11.1 Å². The van der Waals surface area contributed by atoms with Crippen molar-refractivity contribution < 1.29 is 27.6 Å². The molecule has 168 valence electrons. The van der Waals surface area contributed by atoms with E-state index >= 15 is 0 Å². The van der Waals surface area contributed by atoms with Crippen molar-refractivity contribution in [1.29, 1.82) is 0 Å². The third-order valence-electron chi connectivity index (χ3n) is 5.47. The largest absolute Gasteiger partial charge is 0.486 e. The van der Waals surface area contributed by atoms with Gasteiger partial charge in [0, 0.05) is 12.0 Å². The van der Waals surface area contributed by atoms with Crippen LogP contribution in [0.1, 0.15) is 29.9 Å². The Morgan fingerprint density at radius 1 is 1.19 bits per heavy atom. The molecule has 9 heteroatoms. The lowest BCUT2D eigenvalue weighted by atomic mass is 10.0. The van der Waals surface area contributed by atoms with Crippen molar-refractivity contribution in [2.24, 2.45) is 0 Å². The Kier molecular flexibility index (Phi) is 5.68. The minimum Gasteiger partial charge on any atom is -0.486 e. The van der Waals surface area contributed by atoms with Crippen LogP contribution < -0.4 is 9.04 Å². The van der Waals surface area contributed by atoms with Crippen molar-refractivity contribution in [2.45, 2.75) is 44.6 Å². The molecule has 2 aromatic carbocycles. The SMILES string of the molecule is Cc1cccc(S(=O)(=O)N2C[C@H](CCC(=O)O)Oc3ccc(-c4c(C)noc4C)cc32)c1. The number of aryl methyl sites for hydroxylation is 3. The summed E-state index contributed by atoms with van der Waals surface area (Å²) < 4.78 is 39.9. The summed E-state index contributed by atoms with van der Waals surface area (Å²) in [5, 5.41) is 13.1. The van der Waals surface area contributed by atoms with Crippen LogP contribution >= 0.6 is 0 Å². The number of aromatic nitrogens is 1. The summed E-state index contributed by atoms with van der Waals surface area (Å²) in [6.45, 7) is 5.47. The molecule has 1 N–H and O–H groups in total. The van der Waals surface area contributed by atoms with E-state index in [0.717, 1.165) is 16.7 Å². The molecule has 0 radical (unpaired) electrons. The van der Waals surface area contributed by atoms with E-state index in [1.54, 1.807) is 37.3 Å². The monoisotopic (exact) mass is 456 g/mol.